The van der Waals surface area contributed by atoms with Gasteiger partial charge >= 0.3 is 0 Å². The van der Waals surface area contributed by atoms with E-state index in [2.05, 4.69) is 25.8 Å². The lowest BCUT2D eigenvalue weighted by Crippen LogP contribution is -2.31. The van der Waals surface area contributed by atoms with Gasteiger partial charge in [-0.2, -0.15) is 0 Å². The molecule has 0 radical (unpaired) electrons. The van der Waals surface area contributed by atoms with Crippen molar-refractivity contribution in [2.45, 2.75) is 26.3 Å². The van der Waals surface area contributed by atoms with E-state index in [4.69, 9.17) is 17.3 Å². The van der Waals surface area contributed by atoms with Crippen LogP contribution in [0.15, 0.2) is 11.6 Å². The molecule has 0 fully saturated rings. The highest BCUT2D eigenvalue weighted by atomic mass is 35.5. The molecule has 13 heavy (non-hydrogen) atoms. The third kappa shape index (κ3) is 7.05. The molecule has 78 valence electrons. The monoisotopic (exact) mass is 204 g/mol. The molecule has 1 unspecified atom stereocenters. The summed E-state index contributed by atoms with van der Waals surface area (Å²) in [6, 6.07) is 0.308. The smallest absolute Gasteiger partial charge is 0.0171 e. The predicted molar refractivity (Wildman–Crippen MR) is 59.9 cm³/mol. The van der Waals surface area contributed by atoms with E-state index in [1.807, 2.05) is 6.08 Å². The molecule has 0 spiro atoms. The maximum absolute atomic E-state index is 5.92. The lowest BCUT2D eigenvalue weighted by atomic mass is 10.0. The molecule has 0 saturated carbocycles. The van der Waals surface area contributed by atoms with Crippen molar-refractivity contribution in [3.8, 4) is 0 Å². The number of halogens is 1. The SMILES string of the molecule is CC(C)C(N)CCN(C)C/C=C/Cl. The Balaban J connectivity index is 3.51. The lowest BCUT2D eigenvalue weighted by molar-refractivity contribution is 0.328. The average molecular weight is 205 g/mol. The van der Waals surface area contributed by atoms with Crippen LogP contribution >= 0.6 is 11.6 Å². The highest BCUT2D eigenvalue weighted by molar-refractivity contribution is 6.25. The predicted octanol–water partition coefficient (Wildman–Crippen LogP) is 2.04. The highest BCUT2D eigenvalue weighted by Gasteiger charge is 2.07. The molecule has 0 bridgehead atoms. The molecule has 0 rings (SSSR count). The fourth-order valence-corrected chi connectivity index (χ4v) is 1.09. The standard InChI is InChI=1S/C10H21ClN2/c1-9(2)10(12)5-8-13(3)7-4-6-11/h4,6,9-10H,5,7-8,12H2,1-3H3/b6-4+. The minimum absolute atomic E-state index is 0.308. The molecular weight excluding hydrogens is 184 g/mol. The van der Waals surface area contributed by atoms with Gasteiger partial charge in [-0.1, -0.05) is 31.5 Å². The van der Waals surface area contributed by atoms with E-state index in [0.717, 1.165) is 19.5 Å². The van der Waals surface area contributed by atoms with Crippen LogP contribution in [0.25, 0.3) is 0 Å². The van der Waals surface area contributed by atoms with Crippen molar-refractivity contribution in [3.05, 3.63) is 11.6 Å². The molecule has 0 aliphatic heterocycles. The molecule has 0 heterocycles. The minimum Gasteiger partial charge on any atom is -0.327 e. The molecule has 0 aromatic carbocycles. The molecule has 2 N–H and O–H groups in total. The second-order valence-corrected chi connectivity index (χ2v) is 4.07. The van der Waals surface area contributed by atoms with Gasteiger partial charge in [-0.05, 0) is 25.9 Å². The first kappa shape index (κ1) is 12.9. The molecule has 2 nitrogen and oxygen atoms in total. The van der Waals surface area contributed by atoms with Crippen LogP contribution in [-0.2, 0) is 0 Å². The zero-order valence-corrected chi connectivity index (χ0v) is 9.59. The summed E-state index contributed by atoms with van der Waals surface area (Å²) < 4.78 is 0. The van der Waals surface area contributed by atoms with Crippen molar-refractivity contribution in [2.75, 3.05) is 20.1 Å². The number of likely N-dealkylation sites (N-methyl/N-ethyl adjacent to an activating group) is 1. The molecule has 0 aromatic rings. The van der Waals surface area contributed by atoms with Crippen LogP contribution in [0.4, 0.5) is 0 Å². The highest BCUT2D eigenvalue weighted by Crippen LogP contribution is 2.03. The van der Waals surface area contributed by atoms with Gasteiger partial charge in [0.2, 0.25) is 0 Å². The summed E-state index contributed by atoms with van der Waals surface area (Å²) in [5.41, 5.74) is 7.48. The molecule has 0 saturated heterocycles. The fraction of sp³-hybridized carbons (Fsp3) is 0.800. The summed E-state index contributed by atoms with van der Waals surface area (Å²) in [5, 5.41) is 0. The van der Waals surface area contributed by atoms with Gasteiger partial charge in [0, 0.05) is 18.1 Å². The van der Waals surface area contributed by atoms with Gasteiger partial charge in [0.25, 0.3) is 0 Å². The van der Waals surface area contributed by atoms with Crippen molar-refractivity contribution in [3.63, 3.8) is 0 Å². The van der Waals surface area contributed by atoms with E-state index in [0.29, 0.717) is 12.0 Å². The Morgan fingerprint density at radius 1 is 1.46 bits per heavy atom. The van der Waals surface area contributed by atoms with Crippen LogP contribution < -0.4 is 5.73 Å². The van der Waals surface area contributed by atoms with Gasteiger partial charge in [-0.3, -0.25) is 0 Å². The first-order valence-electron chi connectivity index (χ1n) is 4.77. The number of hydrogen-bond acceptors (Lipinski definition) is 2. The summed E-state index contributed by atoms with van der Waals surface area (Å²) in [4.78, 5) is 2.21. The first-order chi connectivity index (χ1) is 6.07. The Hall–Kier alpha value is -0.0500. The number of hydrogen-bond donors (Lipinski definition) is 1. The topological polar surface area (TPSA) is 29.3 Å². The molecule has 3 heteroatoms. The number of rotatable bonds is 6. The fourth-order valence-electron chi connectivity index (χ4n) is 1.01. The van der Waals surface area contributed by atoms with E-state index in [9.17, 15) is 0 Å². The Morgan fingerprint density at radius 2 is 2.08 bits per heavy atom. The van der Waals surface area contributed by atoms with Crippen molar-refractivity contribution in [2.24, 2.45) is 11.7 Å². The van der Waals surface area contributed by atoms with Crippen LogP contribution in [0.2, 0.25) is 0 Å². The van der Waals surface area contributed by atoms with Crippen LogP contribution in [0.3, 0.4) is 0 Å². The quantitative estimate of drug-likeness (QED) is 0.718. The van der Waals surface area contributed by atoms with Crippen molar-refractivity contribution in [1.82, 2.24) is 4.90 Å². The molecule has 0 amide bonds. The Bertz CT molecular complexity index is 146. The largest absolute Gasteiger partial charge is 0.327 e. The number of nitrogens with two attached hydrogens (primary N) is 1. The Labute approximate surface area is 86.7 Å². The molecule has 1 atom stereocenters. The molecule has 0 aromatic heterocycles. The van der Waals surface area contributed by atoms with E-state index in [1.165, 1.54) is 0 Å². The first-order valence-corrected chi connectivity index (χ1v) is 5.21. The summed E-state index contributed by atoms with van der Waals surface area (Å²) in [5.74, 6) is 0.567. The van der Waals surface area contributed by atoms with E-state index >= 15 is 0 Å². The maximum Gasteiger partial charge on any atom is 0.0171 e. The van der Waals surface area contributed by atoms with Gasteiger partial charge in [-0.15, -0.1) is 0 Å². The lowest BCUT2D eigenvalue weighted by Gasteiger charge is -2.19. The van der Waals surface area contributed by atoms with Gasteiger partial charge in [-0.25, -0.2) is 0 Å². The zero-order valence-electron chi connectivity index (χ0n) is 8.83. The van der Waals surface area contributed by atoms with Crippen LogP contribution in [0, 0.1) is 5.92 Å². The normalized spacial score (nSPS) is 14.7. The summed E-state index contributed by atoms with van der Waals surface area (Å²) in [6.07, 6.45) is 2.98. The van der Waals surface area contributed by atoms with Crippen LogP contribution in [-0.4, -0.2) is 31.1 Å². The van der Waals surface area contributed by atoms with E-state index in [1.54, 1.807) is 5.54 Å². The third-order valence-corrected chi connectivity index (χ3v) is 2.38. The van der Waals surface area contributed by atoms with Crippen LogP contribution in [0.5, 0.6) is 0 Å². The number of nitrogens with zero attached hydrogens (tertiary/aromatic N) is 1. The van der Waals surface area contributed by atoms with E-state index in [-0.39, 0.29) is 0 Å². The van der Waals surface area contributed by atoms with Crippen molar-refractivity contribution < 1.29 is 0 Å². The Kier molecular flexibility index (Phi) is 7.33. The molecular formula is C10H21ClN2. The van der Waals surface area contributed by atoms with Gasteiger partial charge in [0.15, 0.2) is 0 Å². The van der Waals surface area contributed by atoms with Crippen molar-refractivity contribution in [1.29, 1.82) is 0 Å². The molecule has 0 aliphatic rings. The van der Waals surface area contributed by atoms with Gasteiger partial charge in [0.1, 0.15) is 0 Å². The van der Waals surface area contributed by atoms with Gasteiger partial charge in [0.05, 0.1) is 0 Å². The maximum atomic E-state index is 5.92. The van der Waals surface area contributed by atoms with E-state index < -0.39 is 0 Å². The summed E-state index contributed by atoms with van der Waals surface area (Å²) in [6.45, 7) is 6.24. The minimum atomic E-state index is 0.308. The van der Waals surface area contributed by atoms with Crippen LogP contribution in [0.1, 0.15) is 20.3 Å². The summed E-state index contributed by atoms with van der Waals surface area (Å²) in [7, 11) is 2.07. The Morgan fingerprint density at radius 3 is 2.54 bits per heavy atom. The van der Waals surface area contributed by atoms with Crippen molar-refractivity contribution >= 4 is 11.6 Å². The third-order valence-electron chi connectivity index (χ3n) is 2.21. The van der Waals surface area contributed by atoms with Gasteiger partial charge < -0.3 is 10.6 Å². The molecule has 0 aliphatic carbocycles. The second-order valence-electron chi connectivity index (χ2n) is 3.82. The summed E-state index contributed by atoms with van der Waals surface area (Å²) >= 11 is 5.43. The zero-order chi connectivity index (χ0) is 10.3. The average Bonchev–Trinajstić information content (AvgIpc) is 2.10. The second kappa shape index (κ2) is 7.36.